The Hall–Kier alpha value is -0.670. The van der Waals surface area contributed by atoms with Crippen molar-refractivity contribution in [1.82, 2.24) is 5.32 Å². The molecule has 1 unspecified atom stereocenters. The molecule has 0 saturated carbocycles. The lowest BCUT2D eigenvalue weighted by Crippen LogP contribution is -2.11. The van der Waals surface area contributed by atoms with Crippen molar-refractivity contribution >= 4 is 10.8 Å². The average molecular weight is 239 g/mol. The van der Waals surface area contributed by atoms with E-state index in [0.29, 0.717) is 5.92 Å². The molecule has 3 heteroatoms. The second kappa shape index (κ2) is 6.81. The summed E-state index contributed by atoms with van der Waals surface area (Å²) < 4.78 is 11.9. The van der Waals surface area contributed by atoms with Crippen LogP contribution in [0, 0.1) is 0 Å². The first kappa shape index (κ1) is 13.4. The van der Waals surface area contributed by atoms with Gasteiger partial charge in [0.15, 0.2) is 0 Å². The zero-order chi connectivity index (χ0) is 12.0. The molecule has 90 valence electrons. The summed E-state index contributed by atoms with van der Waals surface area (Å²) in [7, 11) is 1.07. The van der Waals surface area contributed by atoms with E-state index in [1.807, 2.05) is 19.2 Å². The van der Waals surface area contributed by atoms with Gasteiger partial charge in [-0.3, -0.25) is 4.21 Å². The Morgan fingerprint density at radius 2 is 1.88 bits per heavy atom. The summed E-state index contributed by atoms with van der Waals surface area (Å²) in [6.45, 7) is 5.26. The van der Waals surface area contributed by atoms with Crippen LogP contribution >= 0.6 is 0 Å². The van der Waals surface area contributed by atoms with Crippen molar-refractivity contribution in [3.63, 3.8) is 0 Å². The highest BCUT2D eigenvalue weighted by Crippen LogP contribution is 2.16. The van der Waals surface area contributed by atoms with Crippen LogP contribution in [0.2, 0.25) is 0 Å². The summed E-state index contributed by atoms with van der Waals surface area (Å²) in [6, 6.07) is 8.14. The summed E-state index contributed by atoms with van der Waals surface area (Å²) in [5, 5.41) is 3.06. The molecule has 0 bridgehead atoms. The minimum Gasteiger partial charge on any atom is -0.320 e. The predicted octanol–water partition coefficient (Wildman–Crippen LogP) is 2.53. The quantitative estimate of drug-likeness (QED) is 0.773. The Kier molecular flexibility index (Phi) is 5.71. The fourth-order valence-corrected chi connectivity index (χ4v) is 2.58. The first-order chi connectivity index (χ1) is 7.65. The third-order valence-electron chi connectivity index (χ3n) is 2.57. The molecule has 1 atom stereocenters. The molecule has 0 aliphatic carbocycles. The number of hydrogen-bond donors (Lipinski definition) is 1. The lowest BCUT2D eigenvalue weighted by molar-refractivity contribution is 0.677. The van der Waals surface area contributed by atoms with E-state index in [0.717, 1.165) is 23.6 Å². The van der Waals surface area contributed by atoms with Gasteiger partial charge in [-0.1, -0.05) is 26.0 Å². The fourth-order valence-electron chi connectivity index (χ4n) is 1.50. The molecule has 16 heavy (non-hydrogen) atoms. The van der Waals surface area contributed by atoms with Crippen molar-refractivity contribution in [2.45, 2.75) is 31.1 Å². The average Bonchev–Trinajstić information content (AvgIpc) is 2.29. The number of hydrogen-bond acceptors (Lipinski definition) is 2. The Bertz CT molecular complexity index is 332. The van der Waals surface area contributed by atoms with E-state index in [-0.39, 0.29) is 0 Å². The van der Waals surface area contributed by atoms with Crippen LogP contribution < -0.4 is 5.32 Å². The minimum atomic E-state index is -0.846. The molecule has 0 aliphatic heterocycles. The van der Waals surface area contributed by atoms with Gasteiger partial charge < -0.3 is 5.32 Å². The molecule has 1 N–H and O–H groups in total. The van der Waals surface area contributed by atoms with Crippen LogP contribution in [0.1, 0.15) is 31.7 Å². The van der Waals surface area contributed by atoms with Gasteiger partial charge in [0.25, 0.3) is 0 Å². The molecule has 0 spiro atoms. The van der Waals surface area contributed by atoms with Gasteiger partial charge in [0, 0.05) is 10.6 Å². The van der Waals surface area contributed by atoms with E-state index in [9.17, 15) is 4.21 Å². The summed E-state index contributed by atoms with van der Waals surface area (Å²) in [4.78, 5) is 0.945. The second-order valence-corrected chi connectivity index (χ2v) is 5.80. The Morgan fingerprint density at radius 1 is 1.25 bits per heavy atom. The van der Waals surface area contributed by atoms with Crippen LogP contribution in [0.25, 0.3) is 0 Å². The van der Waals surface area contributed by atoms with Crippen LogP contribution in [-0.2, 0) is 10.8 Å². The third kappa shape index (κ3) is 4.06. The van der Waals surface area contributed by atoms with Crippen molar-refractivity contribution < 1.29 is 4.21 Å². The highest BCUT2D eigenvalue weighted by Gasteiger charge is 2.04. The molecule has 2 nitrogen and oxygen atoms in total. The van der Waals surface area contributed by atoms with Crippen LogP contribution in [-0.4, -0.2) is 23.6 Å². The van der Waals surface area contributed by atoms with Crippen molar-refractivity contribution in [1.29, 1.82) is 0 Å². The van der Waals surface area contributed by atoms with Crippen molar-refractivity contribution in [2.24, 2.45) is 0 Å². The molecule has 1 rings (SSSR count). The molecule has 1 aromatic rings. The molecule has 0 aliphatic rings. The topological polar surface area (TPSA) is 29.1 Å². The van der Waals surface area contributed by atoms with Crippen molar-refractivity contribution in [3.05, 3.63) is 29.8 Å². The van der Waals surface area contributed by atoms with Gasteiger partial charge in [-0.15, -0.1) is 0 Å². The van der Waals surface area contributed by atoms with Crippen molar-refractivity contribution in [3.8, 4) is 0 Å². The second-order valence-electron chi connectivity index (χ2n) is 4.23. The maximum Gasteiger partial charge on any atom is 0.0529 e. The third-order valence-corrected chi connectivity index (χ3v) is 4.02. The molecule has 1 aromatic carbocycles. The molecule has 0 radical (unpaired) electrons. The Morgan fingerprint density at radius 3 is 2.38 bits per heavy atom. The number of nitrogens with one attached hydrogen (secondary N) is 1. The van der Waals surface area contributed by atoms with Gasteiger partial charge >= 0.3 is 0 Å². The van der Waals surface area contributed by atoms with E-state index in [4.69, 9.17) is 0 Å². The molecule has 0 heterocycles. The Balaban J connectivity index is 2.56. The van der Waals surface area contributed by atoms with E-state index in [1.54, 1.807) is 0 Å². The van der Waals surface area contributed by atoms with Gasteiger partial charge in [0.05, 0.1) is 10.8 Å². The fraction of sp³-hybridized carbons (Fsp3) is 0.538. The van der Waals surface area contributed by atoms with Gasteiger partial charge in [0.1, 0.15) is 0 Å². The molecule has 0 saturated heterocycles. The summed E-state index contributed by atoms with van der Waals surface area (Å²) in [5.74, 6) is 1.27. The maximum atomic E-state index is 11.9. The standard InChI is InChI=1S/C13H21NOS/c1-11(2)12-5-7-13(8-6-12)16(15)10-4-9-14-3/h5-8,11,14H,4,9-10H2,1-3H3. The molecule has 0 aromatic heterocycles. The first-order valence-corrected chi connectivity index (χ1v) is 7.10. The minimum absolute atomic E-state index is 0.534. The Labute approximate surface area is 101 Å². The summed E-state index contributed by atoms with van der Waals surface area (Å²) in [5.41, 5.74) is 1.30. The lowest BCUT2D eigenvalue weighted by atomic mass is 10.0. The summed E-state index contributed by atoms with van der Waals surface area (Å²) >= 11 is 0. The van der Waals surface area contributed by atoms with Gasteiger partial charge in [-0.25, -0.2) is 0 Å². The highest BCUT2D eigenvalue weighted by atomic mass is 32.2. The van der Waals surface area contributed by atoms with Crippen LogP contribution in [0.15, 0.2) is 29.2 Å². The van der Waals surface area contributed by atoms with E-state index < -0.39 is 10.8 Å². The van der Waals surface area contributed by atoms with Gasteiger partial charge in [0.2, 0.25) is 0 Å². The molecule has 0 fully saturated rings. The summed E-state index contributed by atoms with van der Waals surface area (Å²) in [6.07, 6.45) is 0.953. The SMILES string of the molecule is CNCCCS(=O)c1ccc(C(C)C)cc1. The molecular formula is C13H21NOS. The number of benzene rings is 1. The van der Waals surface area contributed by atoms with E-state index in [1.165, 1.54) is 5.56 Å². The maximum absolute atomic E-state index is 11.9. The molecular weight excluding hydrogens is 218 g/mol. The van der Waals surface area contributed by atoms with Crippen LogP contribution in [0.5, 0.6) is 0 Å². The molecule has 0 amide bonds. The normalized spacial score (nSPS) is 13.0. The lowest BCUT2D eigenvalue weighted by Gasteiger charge is -2.06. The van der Waals surface area contributed by atoms with Crippen LogP contribution in [0.3, 0.4) is 0 Å². The monoisotopic (exact) mass is 239 g/mol. The predicted molar refractivity (Wildman–Crippen MR) is 70.4 cm³/mol. The van der Waals surface area contributed by atoms with Gasteiger partial charge in [-0.05, 0) is 43.6 Å². The highest BCUT2D eigenvalue weighted by molar-refractivity contribution is 7.85. The van der Waals surface area contributed by atoms with E-state index >= 15 is 0 Å². The largest absolute Gasteiger partial charge is 0.320 e. The number of rotatable bonds is 6. The van der Waals surface area contributed by atoms with Crippen molar-refractivity contribution in [2.75, 3.05) is 19.3 Å². The first-order valence-electron chi connectivity index (χ1n) is 5.78. The van der Waals surface area contributed by atoms with E-state index in [2.05, 4.69) is 31.3 Å². The zero-order valence-corrected chi connectivity index (χ0v) is 11.1. The zero-order valence-electron chi connectivity index (χ0n) is 10.3. The van der Waals surface area contributed by atoms with Crippen LogP contribution in [0.4, 0.5) is 0 Å². The smallest absolute Gasteiger partial charge is 0.0529 e. The van der Waals surface area contributed by atoms with Gasteiger partial charge in [-0.2, -0.15) is 0 Å².